The zero-order valence-corrected chi connectivity index (χ0v) is 14.6. The van der Waals surface area contributed by atoms with Gasteiger partial charge in [0.15, 0.2) is 5.75 Å². The predicted octanol–water partition coefficient (Wildman–Crippen LogP) is 5.59. The molecule has 0 heterocycles. The average molecular weight is 321 g/mol. The van der Waals surface area contributed by atoms with Crippen LogP contribution in [0.25, 0.3) is 0 Å². The van der Waals surface area contributed by atoms with Gasteiger partial charge >= 0.3 is 0 Å². The summed E-state index contributed by atoms with van der Waals surface area (Å²) in [6, 6.07) is 4.03. The van der Waals surface area contributed by atoms with Crippen LogP contribution < -0.4 is 4.89 Å². The molecule has 0 unspecified atom stereocenters. The normalized spacial score (nSPS) is 11.3. The smallest absolute Gasteiger partial charge is 0.177 e. The summed E-state index contributed by atoms with van der Waals surface area (Å²) < 4.78 is 0. The van der Waals surface area contributed by atoms with Gasteiger partial charge in [-0.2, -0.15) is 0 Å². The van der Waals surface area contributed by atoms with E-state index in [0.29, 0.717) is 11.3 Å². The second-order valence-corrected chi connectivity index (χ2v) is 6.13. The lowest BCUT2D eigenvalue weighted by molar-refractivity contribution is -0.138. The first-order chi connectivity index (χ1) is 11.3. The number of benzene rings is 1. The Bertz CT molecular complexity index is 472. The monoisotopic (exact) mass is 321 g/mol. The highest BCUT2D eigenvalue weighted by Crippen LogP contribution is 2.27. The van der Waals surface area contributed by atoms with Gasteiger partial charge < -0.3 is 10.1 Å². The Labute approximate surface area is 140 Å². The molecule has 1 rings (SSSR count). The Morgan fingerprint density at radius 3 is 2.26 bits per heavy atom. The van der Waals surface area contributed by atoms with Gasteiger partial charge in [-0.15, -0.1) is 0 Å². The summed E-state index contributed by atoms with van der Waals surface area (Å²) in [7, 11) is 0. The largest absolute Gasteiger partial charge is 0.411 e. The standard InChI is InChI=1S/C19H31NO3/c1-3-5-6-7-8-9-10-12-16-13-17(11-4-2)19(23-22)18(14-16)15-20-21/h13-15,21-22H,3-12H2,1-2H3. The molecule has 0 aromatic heterocycles. The maximum absolute atomic E-state index is 9.12. The van der Waals surface area contributed by atoms with E-state index < -0.39 is 0 Å². The summed E-state index contributed by atoms with van der Waals surface area (Å²) in [5.41, 5.74) is 2.79. The molecule has 0 bridgehead atoms. The zero-order valence-electron chi connectivity index (χ0n) is 14.6. The number of aryl methyl sites for hydroxylation is 2. The highest BCUT2D eigenvalue weighted by molar-refractivity contribution is 5.84. The Hall–Kier alpha value is -1.55. The number of hydrogen-bond acceptors (Lipinski definition) is 4. The van der Waals surface area contributed by atoms with Gasteiger partial charge in [-0.1, -0.05) is 70.0 Å². The molecule has 2 N–H and O–H groups in total. The molecule has 4 nitrogen and oxygen atoms in total. The topological polar surface area (TPSA) is 62.1 Å². The van der Waals surface area contributed by atoms with Gasteiger partial charge in [0, 0.05) is 5.56 Å². The predicted molar refractivity (Wildman–Crippen MR) is 94.8 cm³/mol. The fourth-order valence-electron chi connectivity index (χ4n) is 2.94. The molecule has 0 aliphatic heterocycles. The average Bonchev–Trinajstić information content (AvgIpc) is 2.55. The van der Waals surface area contributed by atoms with Crippen LogP contribution in [0.4, 0.5) is 0 Å². The van der Waals surface area contributed by atoms with E-state index in [9.17, 15) is 0 Å². The SMILES string of the molecule is CCCCCCCCCc1cc(C=NO)c(OO)c(CCC)c1. The van der Waals surface area contributed by atoms with Gasteiger partial charge in [-0.3, -0.25) is 0 Å². The van der Waals surface area contributed by atoms with Crippen LogP contribution in [0, 0.1) is 0 Å². The second kappa shape index (κ2) is 11.9. The van der Waals surface area contributed by atoms with Crippen molar-refractivity contribution in [1.82, 2.24) is 0 Å². The number of hydrogen-bond donors (Lipinski definition) is 2. The minimum absolute atomic E-state index is 0.396. The lowest BCUT2D eigenvalue weighted by Crippen LogP contribution is -2.00. The second-order valence-electron chi connectivity index (χ2n) is 6.13. The van der Waals surface area contributed by atoms with E-state index in [0.717, 1.165) is 31.2 Å². The van der Waals surface area contributed by atoms with E-state index in [-0.39, 0.29) is 0 Å². The Kier molecular flexibility index (Phi) is 10.1. The van der Waals surface area contributed by atoms with E-state index in [1.807, 2.05) is 6.07 Å². The minimum atomic E-state index is 0.396. The van der Waals surface area contributed by atoms with E-state index in [1.165, 1.54) is 50.3 Å². The number of unbranched alkanes of at least 4 members (excludes halogenated alkanes) is 6. The third-order valence-corrected chi connectivity index (χ3v) is 4.13. The molecule has 0 fully saturated rings. The maximum atomic E-state index is 9.12. The lowest BCUT2D eigenvalue weighted by atomic mass is 9.97. The van der Waals surface area contributed by atoms with Gasteiger partial charge in [0.2, 0.25) is 0 Å². The van der Waals surface area contributed by atoms with Crippen molar-refractivity contribution in [2.75, 3.05) is 0 Å². The zero-order chi connectivity index (χ0) is 16.9. The maximum Gasteiger partial charge on any atom is 0.177 e. The van der Waals surface area contributed by atoms with Gasteiger partial charge in [-0.05, 0) is 36.5 Å². The molecule has 0 saturated heterocycles. The molecule has 0 aliphatic carbocycles. The van der Waals surface area contributed by atoms with Crippen molar-refractivity contribution in [1.29, 1.82) is 0 Å². The fourth-order valence-corrected chi connectivity index (χ4v) is 2.94. The Morgan fingerprint density at radius 1 is 0.957 bits per heavy atom. The first kappa shape index (κ1) is 19.5. The Morgan fingerprint density at radius 2 is 1.65 bits per heavy atom. The molecular weight excluding hydrogens is 290 g/mol. The lowest BCUT2D eigenvalue weighted by Gasteiger charge is -2.12. The van der Waals surface area contributed by atoms with Crippen LogP contribution in [0.1, 0.15) is 81.9 Å². The van der Waals surface area contributed by atoms with Crippen molar-refractivity contribution in [3.05, 3.63) is 28.8 Å². The Balaban J connectivity index is 2.63. The van der Waals surface area contributed by atoms with Gasteiger partial charge in [-0.25, -0.2) is 5.26 Å². The van der Waals surface area contributed by atoms with Crippen molar-refractivity contribution >= 4 is 6.21 Å². The number of nitrogens with zero attached hydrogens (tertiary/aromatic N) is 1. The van der Waals surface area contributed by atoms with Gasteiger partial charge in [0.05, 0.1) is 6.21 Å². The summed E-state index contributed by atoms with van der Waals surface area (Å²) in [5, 5.41) is 21.0. The van der Waals surface area contributed by atoms with Crippen molar-refractivity contribution in [2.24, 2.45) is 5.16 Å². The molecule has 0 aliphatic rings. The highest BCUT2D eigenvalue weighted by atomic mass is 17.1. The molecular formula is C19H31NO3. The molecule has 0 atom stereocenters. The van der Waals surface area contributed by atoms with Gasteiger partial charge in [0.25, 0.3) is 0 Å². The third-order valence-electron chi connectivity index (χ3n) is 4.13. The first-order valence-electron chi connectivity index (χ1n) is 8.91. The van der Waals surface area contributed by atoms with Crippen molar-refractivity contribution < 1.29 is 15.4 Å². The van der Waals surface area contributed by atoms with Crippen LogP contribution in [0.2, 0.25) is 0 Å². The van der Waals surface area contributed by atoms with Crippen LogP contribution in [-0.2, 0) is 12.8 Å². The molecule has 1 aromatic carbocycles. The van der Waals surface area contributed by atoms with E-state index in [2.05, 4.69) is 30.0 Å². The highest BCUT2D eigenvalue weighted by Gasteiger charge is 2.11. The molecule has 0 radical (unpaired) electrons. The van der Waals surface area contributed by atoms with Crippen LogP contribution in [0.15, 0.2) is 17.3 Å². The molecule has 0 spiro atoms. The summed E-state index contributed by atoms with van der Waals surface area (Å²) in [6.07, 6.45) is 13.1. The molecule has 23 heavy (non-hydrogen) atoms. The first-order valence-corrected chi connectivity index (χ1v) is 8.91. The fraction of sp³-hybridized carbons (Fsp3) is 0.632. The minimum Gasteiger partial charge on any atom is -0.411 e. The van der Waals surface area contributed by atoms with E-state index >= 15 is 0 Å². The van der Waals surface area contributed by atoms with Crippen LogP contribution in [-0.4, -0.2) is 16.7 Å². The number of rotatable bonds is 12. The molecule has 0 amide bonds. The summed E-state index contributed by atoms with van der Waals surface area (Å²) in [6.45, 7) is 4.32. The van der Waals surface area contributed by atoms with Crippen LogP contribution in [0.3, 0.4) is 0 Å². The van der Waals surface area contributed by atoms with E-state index in [1.54, 1.807) is 0 Å². The molecule has 1 aromatic rings. The molecule has 0 saturated carbocycles. The third kappa shape index (κ3) is 7.04. The molecule has 130 valence electrons. The van der Waals surface area contributed by atoms with E-state index in [4.69, 9.17) is 10.5 Å². The van der Waals surface area contributed by atoms with Crippen LogP contribution >= 0.6 is 0 Å². The van der Waals surface area contributed by atoms with Gasteiger partial charge in [0.1, 0.15) is 0 Å². The van der Waals surface area contributed by atoms with Crippen molar-refractivity contribution in [2.45, 2.75) is 78.1 Å². The van der Waals surface area contributed by atoms with Crippen molar-refractivity contribution in [3.63, 3.8) is 0 Å². The number of oxime groups is 1. The van der Waals surface area contributed by atoms with Crippen molar-refractivity contribution in [3.8, 4) is 5.75 Å². The summed E-state index contributed by atoms with van der Waals surface area (Å²) in [4.78, 5) is 4.51. The van der Waals surface area contributed by atoms with Crippen LogP contribution in [0.5, 0.6) is 5.75 Å². The summed E-state index contributed by atoms with van der Waals surface area (Å²) in [5.74, 6) is 0.396. The quantitative estimate of drug-likeness (QED) is 0.173. The summed E-state index contributed by atoms with van der Waals surface area (Å²) >= 11 is 0. The molecule has 4 heteroatoms.